The summed E-state index contributed by atoms with van der Waals surface area (Å²) >= 11 is 0. The number of unbranched alkanes of at least 4 members (excludes halogenated alkanes) is 10. The van der Waals surface area contributed by atoms with Gasteiger partial charge < -0.3 is 9.80 Å². The maximum atomic E-state index is 2.63. The molecule has 0 radical (unpaired) electrons. The van der Waals surface area contributed by atoms with Gasteiger partial charge in [-0.1, -0.05) is 85.0 Å². The highest BCUT2D eigenvalue weighted by atomic mass is 15.4. The molecule has 0 saturated heterocycles. The molecular formula is C22H44N2. The topological polar surface area (TPSA) is 6.48 Å². The van der Waals surface area contributed by atoms with Crippen molar-refractivity contribution in [3.8, 4) is 0 Å². The predicted octanol–water partition coefficient (Wildman–Crippen LogP) is 6.92. The highest BCUT2D eigenvalue weighted by Crippen LogP contribution is 2.23. The van der Waals surface area contributed by atoms with Gasteiger partial charge in [0.25, 0.3) is 0 Å². The Morgan fingerprint density at radius 3 is 1.58 bits per heavy atom. The highest BCUT2D eigenvalue weighted by molar-refractivity contribution is 4.96. The van der Waals surface area contributed by atoms with E-state index in [1.165, 1.54) is 103 Å². The molecule has 0 aromatic rings. The second-order valence-corrected chi connectivity index (χ2v) is 7.58. The van der Waals surface area contributed by atoms with Crippen LogP contribution in [0.3, 0.4) is 0 Å². The van der Waals surface area contributed by atoms with Crippen molar-refractivity contribution < 1.29 is 0 Å². The Balaban J connectivity index is 2.29. The molecule has 0 N–H and O–H groups in total. The molecule has 24 heavy (non-hydrogen) atoms. The zero-order valence-corrected chi connectivity index (χ0v) is 16.9. The van der Waals surface area contributed by atoms with Gasteiger partial charge in [0.15, 0.2) is 0 Å². The first-order chi connectivity index (χ1) is 11.8. The van der Waals surface area contributed by atoms with Crippen molar-refractivity contribution in [3.63, 3.8) is 0 Å². The van der Waals surface area contributed by atoms with Crippen molar-refractivity contribution in [2.75, 3.05) is 13.1 Å². The molecule has 0 amide bonds. The van der Waals surface area contributed by atoms with E-state index in [0.29, 0.717) is 6.17 Å². The van der Waals surface area contributed by atoms with Crippen LogP contribution in [0, 0.1) is 0 Å². The maximum absolute atomic E-state index is 2.63. The van der Waals surface area contributed by atoms with E-state index < -0.39 is 0 Å². The van der Waals surface area contributed by atoms with E-state index >= 15 is 0 Å². The Bertz CT molecular complexity index is 300. The van der Waals surface area contributed by atoms with Gasteiger partial charge in [-0.3, -0.25) is 0 Å². The molecule has 1 aliphatic heterocycles. The first-order valence-electron chi connectivity index (χ1n) is 11.0. The van der Waals surface area contributed by atoms with Gasteiger partial charge in [-0.05, 0) is 25.7 Å². The molecule has 0 saturated carbocycles. The summed E-state index contributed by atoms with van der Waals surface area (Å²) in [6, 6.07) is 0. The second kappa shape index (κ2) is 14.7. The summed E-state index contributed by atoms with van der Waals surface area (Å²) in [5.74, 6) is 0. The van der Waals surface area contributed by atoms with Gasteiger partial charge in [0.2, 0.25) is 0 Å². The summed E-state index contributed by atoms with van der Waals surface area (Å²) in [6.07, 6.45) is 24.7. The molecule has 1 unspecified atom stereocenters. The van der Waals surface area contributed by atoms with Crippen molar-refractivity contribution in [2.24, 2.45) is 0 Å². The smallest absolute Gasteiger partial charge is 0.101 e. The van der Waals surface area contributed by atoms with Crippen LogP contribution in [0.15, 0.2) is 12.4 Å². The summed E-state index contributed by atoms with van der Waals surface area (Å²) in [6.45, 7) is 9.39. The third kappa shape index (κ3) is 8.99. The quantitative estimate of drug-likeness (QED) is 0.282. The van der Waals surface area contributed by atoms with Gasteiger partial charge in [-0.15, -0.1) is 0 Å². The Labute approximate surface area is 152 Å². The third-order valence-corrected chi connectivity index (χ3v) is 5.32. The molecular weight excluding hydrogens is 292 g/mol. The Kier molecular flexibility index (Phi) is 13.1. The third-order valence-electron chi connectivity index (χ3n) is 5.32. The lowest BCUT2D eigenvalue weighted by Gasteiger charge is -2.33. The average Bonchev–Trinajstić information content (AvgIpc) is 2.98. The maximum Gasteiger partial charge on any atom is 0.101 e. The van der Waals surface area contributed by atoms with Gasteiger partial charge in [-0.2, -0.15) is 0 Å². The summed E-state index contributed by atoms with van der Waals surface area (Å²) in [4.78, 5) is 5.25. The average molecular weight is 337 g/mol. The van der Waals surface area contributed by atoms with Crippen molar-refractivity contribution in [1.29, 1.82) is 0 Å². The zero-order valence-electron chi connectivity index (χ0n) is 16.9. The van der Waals surface area contributed by atoms with Gasteiger partial charge >= 0.3 is 0 Å². The Morgan fingerprint density at radius 2 is 1.00 bits per heavy atom. The lowest BCUT2D eigenvalue weighted by atomic mass is 10.1. The first kappa shape index (κ1) is 21.4. The van der Waals surface area contributed by atoms with Gasteiger partial charge in [0.1, 0.15) is 6.17 Å². The van der Waals surface area contributed by atoms with E-state index in [-0.39, 0.29) is 0 Å². The van der Waals surface area contributed by atoms with Crippen LogP contribution in [0.4, 0.5) is 0 Å². The molecule has 0 spiro atoms. The Morgan fingerprint density at radius 1 is 0.542 bits per heavy atom. The summed E-state index contributed by atoms with van der Waals surface area (Å²) < 4.78 is 0. The predicted molar refractivity (Wildman–Crippen MR) is 108 cm³/mol. The van der Waals surface area contributed by atoms with Gasteiger partial charge in [0, 0.05) is 25.5 Å². The van der Waals surface area contributed by atoms with Crippen molar-refractivity contribution in [1.82, 2.24) is 9.80 Å². The molecule has 142 valence electrons. The van der Waals surface area contributed by atoms with Crippen molar-refractivity contribution in [3.05, 3.63) is 12.4 Å². The minimum absolute atomic E-state index is 0.647. The fourth-order valence-corrected chi connectivity index (χ4v) is 3.69. The molecule has 0 bridgehead atoms. The Hall–Kier alpha value is -0.660. The standard InChI is InChI=1S/C22H44N2/c1-4-7-10-12-14-16-19-24-21-20-23(18-9-6-3)22(24)17-15-13-11-8-5-2/h20-22H,4-19H2,1-3H3. The molecule has 0 aromatic heterocycles. The fraction of sp³-hybridized carbons (Fsp3) is 0.909. The molecule has 2 heteroatoms. The van der Waals surface area contributed by atoms with Crippen LogP contribution < -0.4 is 0 Å². The summed E-state index contributed by atoms with van der Waals surface area (Å²) in [5.41, 5.74) is 0. The molecule has 0 aromatic carbocycles. The van der Waals surface area contributed by atoms with Crippen LogP contribution in [0.5, 0.6) is 0 Å². The number of rotatable bonds is 16. The van der Waals surface area contributed by atoms with Crippen LogP contribution in [0.25, 0.3) is 0 Å². The summed E-state index contributed by atoms with van der Waals surface area (Å²) in [5, 5.41) is 0. The fourth-order valence-electron chi connectivity index (χ4n) is 3.69. The van der Waals surface area contributed by atoms with Gasteiger partial charge in [-0.25, -0.2) is 0 Å². The molecule has 0 fully saturated rings. The minimum atomic E-state index is 0.647. The molecule has 2 nitrogen and oxygen atoms in total. The second-order valence-electron chi connectivity index (χ2n) is 7.58. The van der Waals surface area contributed by atoms with Crippen LogP contribution in [-0.4, -0.2) is 29.1 Å². The van der Waals surface area contributed by atoms with E-state index in [1.54, 1.807) is 0 Å². The van der Waals surface area contributed by atoms with Crippen molar-refractivity contribution >= 4 is 0 Å². The van der Waals surface area contributed by atoms with Crippen LogP contribution in [0.1, 0.15) is 111 Å². The SMILES string of the molecule is CCCCCCCCN1C=CN(CCCC)C1CCCCCCC. The van der Waals surface area contributed by atoms with Gasteiger partial charge in [0.05, 0.1) is 0 Å². The van der Waals surface area contributed by atoms with Crippen LogP contribution in [-0.2, 0) is 0 Å². The number of hydrogen-bond donors (Lipinski definition) is 0. The van der Waals surface area contributed by atoms with E-state index in [1.807, 2.05) is 0 Å². The zero-order chi connectivity index (χ0) is 17.5. The minimum Gasteiger partial charge on any atom is -0.356 e. The van der Waals surface area contributed by atoms with E-state index in [2.05, 4.69) is 43.0 Å². The molecule has 1 rings (SSSR count). The highest BCUT2D eigenvalue weighted by Gasteiger charge is 2.24. The number of hydrogen-bond acceptors (Lipinski definition) is 2. The molecule has 1 heterocycles. The largest absolute Gasteiger partial charge is 0.356 e. The first-order valence-corrected chi connectivity index (χ1v) is 11.0. The van der Waals surface area contributed by atoms with E-state index in [4.69, 9.17) is 0 Å². The van der Waals surface area contributed by atoms with Crippen LogP contribution in [0.2, 0.25) is 0 Å². The summed E-state index contributed by atoms with van der Waals surface area (Å²) in [7, 11) is 0. The number of nitrogens with zero attached hydrogens (tertiary/aromatic N) is 2. The molecule has 0 aliphatic carbocycles. The van der Waals surface area contributed by atoms with E-state index in [0.717, 1.165) is 0 Å². The monoisotopic (exact) mass is 336 g/mol. The lowest BCUT2D eigenvalue weighted by Crippen LogP contribution is -2.39. The van der Waals surface area contributed by atoms with Crippen molar-refractivity contribution in [2.45, 2.75) is 117 Å². The van der Waals surface area contributed by atoms with E-state index in [9.17, 15) is 0 Å². The lowest BCUT2D eigenvalue weighted by molar-refractivity contribution is 0.136. The molecule has 1 atom stereocenters. The normalized spacial score (nSPS) is 17.2. The molecule has 1 aliphatic rings. The van der Waals surface area contributed by atoms with Crippen LogP contribution >= 0.6 is 0 Å².